The van der Waals surface area contributed by atoms with Gasteiger partial charge in [0.15, 0.2) is 5.82 Å². The number of nitrogens with zero attached hydrogens (tertiary/aromatic N) is 5. The molecule has 5 rings (SSSR count). The van der Waals surface area contributed by atoms with E-state index >= 15 is 0 Å². The van der Waals surface area contributed by atoms with Gasteiger partial charge in [0.1, 0.15) is 0 Å². The van der Waals surface area contributed by atoms with Gasteiger partial charge in [0.25, 0.3) is 0 Å². The highest BCUT2D eigenvalue weighted by molar-refractivity contribution is 7.89. The second-order valence-corrected chi connectivity index (χ2v) is 13.6. The first-order valence-electron chi connectivity index (χ1n) is 13.5. The van der Waals surface area contributed by atoms with E-state index < -0.39 is 10.0 Å². The number of piperazine rings is 1. The summed E-state index contributed by atoms with van der Waals surface area (Å²) in [5.74, 6) is 0.794. The molecule has 0 radical (unpaired) electrons. The molecule has 2 aromatic carbocycles. The lowest BCUT2D eigenvalue weighted by Gasteiger charge is -2.36. The summed E-state index contributed by atoms with van der Waals surface area (Å²) in [7, 11) is 0.859. The molecule has 204 valence electrons. The fraction of sp³-hybridized carbons (Fsp3) is 0.500. The first-order valence-corrected chi connectivity index (χ1v) is 15.8. The lowest BCUT2D eigenvalue weighted by atomic mass is 9.91. The lowest BCUT2D eigenvalue weighted by molar-refractivity contribution is 0.367. The van der Waals surface area contributed by atoms with Crippen molar-refractivity contribution < 1.29 is 8.42 Å². The van der Waals surface area contributed by atoms with Gasteiger partial charge < -0.3 is 15.5 Å². The van der Waals surface area contributed by atoms with E-state index in [2.05, 4.69) is 46.2 Å². The quantitative estimate of drug-likeness (QED) is 0.414. The summed E-state index contributed by atoms with van der Waals surface area (Å²) in [6, 6.07) is 16.6. The number of sulfonamides is 1. The number of benzene rings is 2. The number of hydrogen-bond donors (Lipinski definition) is 1. The Hall–Kier alpha value is -2.69. The number of nitrogens with two attached hydrogens (primary N) is 1. The second-order valence-electron chi connectivity index (χ2n) is 10.6. The van der Waals surface area contributed by atoms with Crippen LogP contribution >= 0.6 is 11.5 Å². The molecule has 1 unspecified atom stereocenters. The highest BCUT2D eigenvalue weighted by atomic mass is 32.2. The smallest absolute Gasteiger partial charge is 0.217 e. The van der Waals surface area contributed by atoms with Crippen molar-refractivity contribution in [2.45, 2.75) is 49.7 Å². The van der Waals surface area contributed by atoms with Crippen LogP contribution in [0.1, 0.15) is 55.0 Å². The molecule has 0 bridgehead atoms. The Morgan fingerprint density at radius 3 is 2.26 bits per heavy atom. The molecule has 2 N–H and O–H groups in total. The Bertz CT molecular complexity index is 1290. The van der Waals surface area contributed by atoms with Crippen molar-refractivity contribution in [2.75, 3.05) is 55.8 Å². The standard InChI is InChI=1S/C28H38N6O2S2/c1-32(2)24-14-8-21(9-15-24)20-26(22-10-12-23(29)13-11-22)27-30-28(37-31-27)33-16-18-34(19-17-33)38(35,36)25-6-4-3-5-7-25/h8-15,25-26H,3-7,16-20,29H2,1-2H3. The van der Waals surface area contributed by atoms with Crippen molar-refractivity contribution in [3.8, 4) is 0 Å². The zero-order valence-corrected chi connectivity index (χ0v) is 23.9. The van der Waals surface area contributed by atoms with E-state index in [0.29, 0.717) is 26.2 Å². The number of nitrogen functional groups attached to an aromatic ring is 1. The monoisotopic (exact) mass is 554 g/mol. The van der Waals surface area contributed by atoms with Gasteiger partial charge in [0.2, 0.25) is 15.2 Å². The second kappa shape index (κ2) is 11.6. The van der Waals surface area contributed by atoms with E-state index in [1.807, 2.05) is 26.2 Å². The van der Waals surface area contributed by atoms with Crippen LogP contribution < -0.4 is 15.5 Å². The van der Waals surface area contributed by atoms with Crippen LogP contribution in [0.3, 0.4) is 0 Å². The summed E-state index contributed by atoms with van der Waals surface area (Å²) in [6.07, 6.45) is 5.57. The average molecular weight is 555 g/mol. The summed E-state index contributed by atoms with van der Waals surface area (Å²) in [5, 5.41) is 0.654. The van der Waals surface area contributed by atoms with Crippen LogP contribution in [0.4, 0.5) is 16.5 Å². The van der Waals surface area contributed by atoms with Crippen LogP contribution in [-0.4, -0.2) is 67.6 Å². The minimum absolute atomic E-state index is 0.00113. The summed E-state index contributed by atoms with van der Waals surface area (Å²) >= 11 is 1.40. The SMILES string of the molecule is CN(C)c1ccc(CC(c2ccc(N)cc2)c2nsc(N3CCN(S(=O)(=O)C4CCCCC4)CC3)n2)cc1. The maximum atomic E-state index is 13.2. The van der Waals surface area contributed by atoms with Gasteiger partial charge in [-0.1, -0.05) is 43.5 Å². The third kappa shape index (κ3) is 5.97. The van der Waals surface area contributed by atoms with Crippen LogP contribution in [0, 0.1) is 0 Å². The van der Waals surface area contributed by atoms with Crippen LogP contribution in [0.2, 0.25) is 0 Å². The minimum atomic E-state index is -3.22. The molecular formula is C28H38N6O2S2. The van der Waals surface area contributed by atoms with E-state index in [1.165, 1.54) is 17.1 Å². The first-order chi connectivity index (χ1) is 18.3. The molecule has 2 heterocycles. The molecule has 1 atom stereocenters. The van der Waals surface area contributed by atoms with E-state index in [1.54, 1.807) is 4.31 Å². The van der Waals surface area contributed by atoms with Gasteiger partial charge in [0.05, 0.1) is 5.25 Å². The van der Waals surface area contributed by atoms with Crippen molar-refractivity contribution >= 4 is 38.1 Å². The summed E-state index contributed by atoms with van der Waals surface area (Å²) in [4.78, 5) is 9.25. The third-order valence-electron chi connectivity index (χ3n) is 7.82. The normalized spacial score (nSPS) is 18.4. The summed E-state index contributed by atoms with van der Waals surface area (Å²) in [5.41, 5.74) is 10.2. The molecule has 3 aromatic rings. The fourth-order valence-electron chi connectivity index (χ4n) is 5.46. The topological polar surface area (TPSA) is 95.7 Å². The van der Waals surface area contributed by atoms with E-state index in [-0.39, 0.29) is 11.2 Å². The van der Waals surface area contributed by atoms with Crippen LogP contribution in [0.15, 0.2) is 48.5 Å². The predicted octanol–water partition coefficient (Wildman–Crippen LogP) is 4.35. The number of anilines is 3. The zero-order chi connectivity index (χ0) is 26.7. The predicted molar refractivity (Wildman–Crippen MR) is 157 cm³/mol. The largest absolute Gasteiger partial charge is 0.399 e. The third-order valence-corrected chi connectivity index (χ3v) is 11.0. The van der Waals surface area contributed by atoms with Gasteiger partial charge >= 0.3 is 0 Å². The Labute approximate surface area is 230 Å². The molecule has 1 saturated carbocycles. The van der Waals surface area contributed by atoms with Crippen molar-refractivity contribution in [3.05, 3.63) is 65.5 Å². The van der Waals surface area contributed by atoms with Crippen LogP contribution in [-0.2, 0) is 16.4 Å². The first kappa shape index (κ1) is 26.9. The van der Waals surface area contributed by atoms with Crippen molar-refractivity contribution in [3.63, 3.8) is 0 Å². The molecule has 2 fully saturated rings. The number of rotatable bonds is 8. The average Bonchev–Trinajstić information content (AvgIpc) is 3.43. The Morgan fingerprint density at radius 1 is 0.974 bits per heavy atom. The van der Waals surface area contributed by atoms with Gasteiger partial charge in [0, 0.05) is 69.1 Å². The molecule has 0 amide bonds. The molecule has 1 aromatic heterocycles. The molecule has 1 aliphatic heterocycles. The molecule has 38 heavy (non-hydrogen) atoms. The van der Waals surface area contributed by atoms with Gasteiger partial charge in [-0.05, 0) is 54.7 Å². The molecule has 10 heteroatoms. The molecule has 1 aliphatic carbocycles. The molecule has 1 saturated heterocycles. The van der Waals surface area contributed by atoms with Gasteiger partial charge in [-0.2, -0.15) is 8.68 Å². The van der Waals surface area contributed by atoms with Gasteiger partial charge in [-0.25, -0.2) is 13.4 Å². The van der Waals surface area contributed by atoms with Crippen LogP contribution in [0.25, 0.3) is 0 Å². The van der Waals surface area contributed by atoms with Gasteiger partial charge in [-0.15, -0.1) is 0 Å². The number of hydrogen-bond acceptors (Lipinski definition) is 8. The Kier molecular flexibility index (Phi) is 8.20. The summed E-state index contributed by atoms with van der Waals surface area (Å²) in [6.45, 7) is 2.29. The van der Waals surface area contributed by atoms with Crippen molar-refractivity contribution in [1.82, 2.24) is 13.7 Å². The lowest BCUT2D eigenvalue weighted by Crippen LogP contribution is -2.51. The summed E-state index contributed by atoms with van der Waals surface area (Å²) < 4.78 is 32.8. The number of aromatic nitrogens is 2. The van der Waals surface area contributed by atoms with Crippen molar-refractivity contribution in [2.24, 2.45) is 0 Å². The molecule has 2 aliphatic rings. The minimum Gasteiger partial charge on any atom is -0.399 e. The molecule has 0 spiro atoms. The van der Waals surface area contributed by atoms with E-state index in [0.717, 1.165) is 66.4 Å². The molecule has 8 nitrogen and oxygen atoms in total. The molecular weight excluding hydrogens is 516 g/mol. The highest BCUT2D eigenvalue weighted by Gasteiger charge is 2.35. The maximum absolute atomic E-state index is 13.2. The fourth-order valence-corrected chi connectivity index (χ4v) is 8.26. The Morgan fingerprint density at radius 2 is 1.63 bits per heavy atom. The van der Waals surface area contributed by atoms with Gasteiger partial charge in [-0.3, -0.25) is 0 Å². The van der Waals surface area contributed by atoms with Crippen LogP contribution in [0.5, 0.6) is 0 Å². The Balaban J connectivity index is 1.31. The van der Waals surface area contributed by atoms with E-state index in [9.17, 15) is 8.42 Å². The highest BCUT2D eigenvalue weighted by Crippen LogP contribution is 2.32. The van der Waals surface area contributed by atoms with Crippen molar-refractivity contribution in [1.29, 1.82) is 0 Å². The maximum Gasteiger partial charge on any atom is 0.217 e. The van der Waals surface area contributed by atoms with E-state index in [4.69, 9.17) is 15.1 Å². The zero-order valence-electron chi connectivity index (χ0n) is 22.3.